The summed E-state index contributed by atoms with van der Waals surface area (Å²) in [5.41, 5.74) is 8.89. The van der Waals surface area contributed by atoms with E-state index in [4.69, 9.17) is 5.53 Å². The van der Waals surface area contributed by atoms with Crippen molar-refractivity contribution in [3.8, 4) is 0 Å². The Morgan fingerprint density at radius 2 is 2.50 bits per heavy atom. The molecule has 0 aliphatic rings. The smallest absolute Gasteiger partial charge is 0.0517 e. The molecule has 1 rings (SSSR count). The number of nitrogens with zero attached hydrogens (tertiary/aromatic N) is 3. The highest BCUT2D eigenvalue weighted by molar-refractivity contribution is 5.12. The van der Waals surface area contributed by atoms with Gasteiger partial charge in [-0.1, -0.05) is 29.4 Å². The molecule has 1 aromatic rings. The van der Waals surface area contributed by atoms with E-state index < -0.39 is 0 Å². The maximum absolute atomic E-state index is 7.97. The number of azide groups is 1. The second-order valence-electron chi connectivity index (χ2n) is 1.78. The summed E-state index contributed by atoms with van der Waals surface area (Å²) < 4.78 is 0. The Hall–Kier alpha value is -1.47. The summed E-state index contributed by atoms with van der Waals surface area (Å²) in [5, 5.41) is 3.39. The fourth-order valence-corrected chi connectivity index (χ4v) is 0.637. The van der Waals surface area contributed by atoms with Crippen molar-refractivity contribution in [2.24, 2.45) is 5.11 Å². The normalized spacial score (nSPS) is 8.40. The number of benzene rings is 1. The van der Waals surface area contributed by atoms with E-state index in [1.807, 2.05) is 18.2 Å². The SMILES string of the molecule is [N-]=[N+]=NCc1[c]cccc1. The fraction of sp³-hybridized carbons (Fsp3) is 0.143. The zero-order valence-electron chi connectivity index (χ0n) is 5.36. The molecule has 49 valence electrons. The predicted molar refractivity (Wildman–Crippen MR) is 38.1 cm³/mol. The van der Waals surface area contributed by atoms with Crippen molar-refractivity contribution >= 4 is 0 Å². The second kappa shape index (κ2) is 3.54. The maximum atomic E-state index is 7.97. The van der Waals surface area contributed by atoms with Gasteiger partial charge >= 0.3 is 0 Å². The van der Waals surface area contributed by atoms with Crippen LogP contribution in [0.2, 0.25) is 0 Å². The first-order valence-electron chi connectivity index (χ1n) is 2.90. The van der Waals surface area contributed by atoms with E-state index in [1.165, 1.54) is 0 Å². The molecule has 10 heavy (non-hydrogen) atoms. The first kappa shape index (κ1) is 6.65. The van der Waals surface area contributed by atoms with Gasteiger partial charge in [0.05, 0.1) is 6.54 Å². The van der Waals surface area contributed by atoms with Crippen LogP contribution < -0.4 is 0 Å². The fourth-order valence-electron chi connectivity index (χ4n) is 0.637. The lowest BCUT2D eigenvalue weighted by atomic mass is 10.2. The summed E-state index contributed by atoms with van der Waals surface area (Å²) in [7, 11) is 0. The Morgan fingerprint density at radius 1 is 1.60 bits per heavy atom. The van der Waals surface area contributed by atoms with Gasteiger partial charge in [-0.05, 0) is 17.2 Å². The van der Waals surface area contributed by atoms with E-state index in [1.54, 1.807) is 6.07 Å². The van der Waals surface area contributed by atoms with Crippen LogP contribution in [0.1, 0.15) is 5.56 Å². The third-order valence-electron chi connectivity index (χ3n) is 1.08. The van der Waals surface area contributed by atoms with Gasteiger partial charge in [0.25, 0.3) is 0 Å². The third-order valence-corrected chi connectivity index (χ3v) is 1.08. The van der Waals surface area contributed by atoms with Gasteiger partial charge in [0.2, 0.25) is 0 Å². The van der Waals surface area contributed by atoms with Crippen LogP contribution in [0, 0.1) is 6.07 Å². The van der Waals surface area contributed by atoms with Crippen molar-refractivity contribution in [2.45, 2.75) is 6.54 Å². The van der Waals surface area contributed by atoms with Gasteiger partial charge in [-0.3, -0.25) is 0 Å². The van der Waals surface area contributed by atoms with E-state index in [0.29, 0.717) is 6.54 Å². The van der Waals surface area contributed by atoms with Crippen LogP contribution in [-0.2, 0) is 6.54 Å². The zero-order chi connectivity index (χ0) is 7.23. The van der Waals surface area contributed by atoms with E-state index in [9.17, 15) is 0 Å². The number of rotatable bonds is 2. The van der Waals surface area contributed by atoms with E-state index in [-0.39, 0.29) is 0 Å². The van der Waals surface area contributed by atoms with Gasteiger partial charge in [0.1, 0.15) is 0 Å². The maximum Gasteiger partial charge on any atom is 0.0517 e. The molecule has 0 saturated carbocycles. The molecule has 3 heteroatoms. The van der Waals surface area contributed by atoms with Gasteiger partial charge in [0, 0.05) is 4.91 Å². The van der Waals surface area contributed by atoms with Crippen molar-refractivity contribution in [3.63, 3.8) is 0 Å². The first-order chi connectivity index (χ1) is 4.93. The molecule has 0 bridgehead atoms. The van der Waals surface area contributed by atoms with Crippen LogP contribution in [0.4, 0.5) is 0 Å². The van der Waals surface area contributed by atoms with Crippen molar-refractivity contribution in [2.75, 3.05) is 0 Å². The molecule has 0 aliphatic carbocycles. The van der Waals surface area contributed by atoms with Gasteiger partial charge in [0.15, 0.2) is 0 Å². The van der Waals surface area contributed by atoms with E-state index >= 15 is 0 Å². The summed E-state index contributed by atoms with van der Waals surface area (Å²) in [6, 6.07) is 10.4. The van der Waals surface area contributed by atoms with Gasteiger partial charge < -0.3 is 0 Å². The Balaban J connectivity index is 2.67. The predicted octanol–water partition coefficient (Wildman–Crippen LogP) is 2.30. The summed E-state index contributed by atoms with van der Waals surface area (Å²) in [4.78, 5) is 2.64. The molecule has 0 amide bonds. The highest BCUT2D eigenvalue weighted by Crippen LogP contribution is 1.98. The van der Waals surface area contributed by atoms with Crippen LogP contribution >= 0.6 is 0 Å². The molecule has 0 spiro atoms. The van der Waals surface area contributed by atoms with Crippen molar-refractivity contribution in [1.82, 2.24) is 0 Å². The molecule has 0 fully saturated rings. The number of hydrogen-bond donors (Lipinski definition) is 0. The molecular weight excluding hydrogens is 126 g/mol. The summed E-state index contributed by atoms with van der Waals surface area (Å²) in [6.45, 7) is 0.386. The minimum absolute atomic E-state index is 0.386. The molecule has 1 radical (unpaired) electrons. The van der Waals surface area contributed by atoms with Crippen molar-refractivity contribution in [3.05, 3.63) is 46.3 Å². The highest BCUT2D eigenvalue weighted by atomic mass is 15.1. The molecule has 1 aromatic carbocycles. The highest BCUT2D eigenvalue weighted by Gasteiger charge is 1.84. The largest absolute Gasteiger partial charge is 0.0893 e. The van der Waals surface area contributed by atoms with Gasteiger partial charge in [-0.25, -0.2) is 0 Å². The van der Waals surface area contributed by atoms with Crippen molar-refractivity contribution in [1.29, 1.82) is 0 Å². The Labute approximate surface area is 58.9 Å². The Morgan fingerprint density at radius 3 is 3.10 bits per heavy atom. The topological polar surface area (TPSA) is 48.8 Å². The monoisotopic (exact) mass is 132 g/mol. The zero-order valence-corrected chi connectivity index (χ0v) is 5.36. The minimum Gasteiger partial charge on any atom is -0.0893 e. The first-order valence-corrected chi connectivity index (χ1v) is 2.90. The number of hydrogen-bond acceptors (Lipinski definition) is 1. The summed E-state index contributed by atoms with van der Waals surface area (Å²) in [5.74, 6) is 0. The van der Waals surface area contributed by atoms with Crippen LogP contribution in [0.5, 0.6) is 0 Å². The van der Waals surface area contributed by atoms with Gasteiger partial charge in [-0.2, -0.15) is 0 Å². The minimum atomic E-state index is 0.386. The lowest BCUT2D eigenvalue weighted by Gasteiger charge is -1.89. The van der Waals surface area contributed by atoms with Crippen LogP contribution in [0.15, 0.2) is 29.4 Å². The summed E-state index contributed by atoms with van der Waals surface area (Å²) >= 11 is 0. The molecule has 0 unspecified atom stereocenters. The summed E-state index contributed by atoms with van der Waals surface area (Å²) in [6.07, 6.45) is 0. The van der Waals surface area contributed by atoms with Crippen LogP contribution in [-0.4, -0.2) is 0 Å². The standard InChI is InChI=1S/C7H6N3/c8-10-9-6-7-4-2-1-3-5-7/h1-4H,6H2. The van der Waals surface area contributed by atoms with E-state index in [0.717, 1.165) is 5.56 Å². The molecule has 0 N–H and O–H groups in total. The second-order valence-corrected chi connectivity index (χ2v) is 1.78. The molecule has 0 atom stereocenters. The van der Waals surface area contributed by atoms with Crippen molar-refractivity contribution < 1.29 is 0 Å². The third kappa shape index (κ3) is 1.80. The Bertz CT molecular complexity index is 236. The molecular formula is C7H6N3. The van der Waals surface area contributed by atoms with E-state index in [2.05, 4.69) is 16.1 Å². The molecule has 0 aromatic heterocycles. The molecule has 3 nitrogen and oxygen atoms in total. The Kier molecular flexibility index (Phi) is 2.35. The van der Waals surface area contributed by atoms with Crippen LogP contribution in [0.25, 0.3) is 10.4 Å². The average molecular weight is 132 g/mol. The molecule has 0 heterocycles. The average Bonchev–Trinajstić information content (AvgIpc) is 2.03. The molecule has 0 aliphatic heterocycles. The van der Waals surface area contributed by atoms with Gasteiger partial charge in [-0.15, -0.1) is 0 Å². The van der Waals surface area contributed by atoms with Crippen LogP contribution in [0.3, 0.4) is 0 Å². The lowest BCUT2D eigenvalue weighted by Crippen LogP contribution is -1.76. The lowest BCUT2D eigenvalue weighted by molar-refractivity contribution is 1.04. The quantitative estimate of drug-likeness (QED) is 0.337. The molecule has 0 saturated heterocycles.